The summed E-state index contributed by atoms with van der Waals surface area (Å²) in [4.78, 5) is 18.0. The first kappa shape index (κ1) is 22.5. The molecule has 1 amide bonds. The van der Waals surface area contributed by atoms with Crippen molar-refractivity contribution in [2.24, 2.45) is 0 Å². The summed E-state index contributed by atoms with van der Waals surface area (Å²) in [6.45, 7) is 1.00. The van der Waals surface area contributed by atoms with Crippen LogP contribution < -0.4 is 15.4 Å². The molecule has 0 aliphatic carbocycles. The van der Waals surface area contributed by atoms with Crippen molar-refractivity contribution in [2.75, 3.05) is 10.6 Å². The van der Waals surface area contributed by atoms with E-state index in [2.05, 4.69) is 20.4 Å². The quantitative estimate of drug-likeness (QED) is 0.312. The molecule has 170 valence electrons. The fourth-order valence-electron chi connectivity index (χ4n) is 3.36. The number of aromatic nitrogens is 1. The van der Waals surface area contributed by atoms with E-state index in [1.165, 1.54) is 29.7 Å². The van der Waals surface area contributed by atoms with Crippen LogP contribution in [0.3, 0.4) is 0 Å². The number of carbonyl (C=O) groups excluding carboxylic acids is 1. The van der Waals surface area contributed by atoms with E-state index in [4.69, 9.17) is 4.42 Å². The number of ether oxygens (including phenoxy) is 1. The van der Waals surface area contributed by atoms with Gasteiger partial charge in [0.1, 0.15) is 16.6 Å². The maximum atomic E-state index is 12.6. The van der Waals surface area contributed by atoms with Crippen LogP contribution in [0.4, 0.5) is 19.6 Å². The second-order valence-electron chi connectivity index (χ2n) is 7.32. The average Bonchev–Trinajstić information content (AvgIpc) is 3.42. The van der Waals surface area contributed by atoms with Crippen LogP contribution in [0, 0.1) is 13.8 Å². The minimum atomic E-state index is -2.90. The van der Waals surface area contributed by atoms with Crippen molar-refractivity contribution in [2.45, 2.75) is 26.5 Å². The summed E-state index contributed by atoms with van der Waals surface area (Å²) in [6.07, 6.45) is 3.14. The molecule has 0 spiro atoms. The third kappa shape index (κ3) is 5.56. The highest BCUT2D eigenvalue weighted by Crippen LogP contribution is 2.38. The van der Waals surface area contributed by atoms with Crippen LogP contribution in [0.2, 0.25) is 0 Å². The minimum Gasteiger partial charge on any atom is -0.459 e. The molecule has 0 unspecified atom stereocenters. The molecule has 6 nitrogen and oxygen atoms in total. The SMILES string of the molecule is Cc1ccnc(N[C@@H](c2ccc(OC(F)F)cc2)c2cc(C)sc2NC(=O)c2ccco2)c1. The zero-order chi connectivity index (χ0) is 23.4. The van der Waals surface area contributed by atoms with Gasteiger partial charge in [0.15, 0.2) is 5.76 Å². The number of halogens is 2. The highest BCUT2D eigenvalue weighted by atomic mass is 32.1. The van der Waals surface area contributed by atoms with Gasteiger partial charge in [-0.15, -0.1) is 11.3 Å². The number of thiophene rings is 1. The summed E-state index contributed by atoms with van der Waals surface area (Å²) in [5.74, 6) is 0.538. The number of nitrogens with zero attached hydrogens (tertiary/aromatic N) is 1. The third-order valence-corrected chi connectivity index (χ3v) is 5.80. The number of aryl methyl sites for hydroxylation is 2. The van der Waals surface area contributed by atoms with Gasteiger partial charge >= 0.3 is 6.61 Å². The number of benzene rings is 1. The van der Waals surface area contributed by atoms with Crippen LogP contribution in [-0.2, 0) is 0 Å². The van der Waals surface area contributed by atoms with Gasteiger partial charge in [-0.2, -0.15) is 8.78 Å². The van der Waals surface area contributed by atoms with Gasteiger partial charge in [0.05, 0.1) is 12.3 Å². The lowest BCUT2D eigenvalue weighted by Gasteiger charge is -2.21. The second-order valence-corrected chi connectivity index (χ2v) is 8.57. The Bertz CT molecular complexity index is 1220. The van der Waals surface area contributed by atoms with Crippen molar-refractivity contribution in [3.05, 3.63) is 94.4 Å². The van der Waals surface area contributed by atoms with Gasteiger partial charge in [-0.3, -0.25) is 4.79 Å². The van der Waals surface area contributed by atoms with Crippen LogP contribution in [-0.4, -0.2) is 17.5 Å². The summed E-state index contributed by atoms with van der Waals surface area (Å²) in [6, 6.07) is 15.0. The lowest BCUT2D eigenvalue weighted by atomic mass is 9.99. The Morgan fingerprint density at radius 1 is 1.12 bits per heavy atom. The molecule has 2 N–H and O–H groups in total. The number of carbonyl (C=O) groups is 1. The number of pyridine rings is 1. The Morgan fingerprint density at radius 3 is 2.58 bits per heavy atom. The number of furan rings is 1. The summed E-state index contributed by atoms with van der Waals surface area (Å²) in [7, 11) is 0. The molecular formula is C24H21F2N3O3S. The minimum absolute atomic E-state index is 0.0639. The van der Waals surface area contributed by atoms with E-state index < -0.39 is 12.7 Å². The number of anilines is 2. The van der Waals surface area contributed by atoms with E-state index in [0.717, 1.165) is 21.6 Å². The number of amides is 1. The number of rotatable bonds is 8. The van der Waals surface area contributed by atoms with Gasteiger partial charge in [0.2, 0.25) is 0 Å². The van der Waals surface area contributed by atoms with E-state index >= 15 is 0 Å². The predicted molar refractivity (Wildman–Crippen MR) is 123 cm³/mol. The van der Waals surface area contributed by atoms with Crippen LogP contribution in [0.25, 0.3) is 0 Å². The molecule has 0 fully saturated rings. The highest BCUT2D eigenvalue weighted by molar-refractivity contribution is 7.16. The lowest BCUT2D eigenvalue weighted by Crippen LogP contribution is -2.17. The maximum Gasteiger partial charge on any atom is 0.387 e. The van der Waals surface area contributed by atoms with Gasteiger partial charge in [-0.25, -0.2) is 4.98 Å². The molecule has 0 saturated heterocycles. The molecule has 3 heterocycles. The predicted octanol–water partition coefficient (Wildman–Crippen LogP) is 6.41. The number of nitrogens with one attached hydrogen (secondary N) is 2. The average molecular weight is 470 g/mol. The Morgan fingerprint density at radius 2 is 1.91 bits per heavy atom. The maximum absolute atomic E-state index is 12.6. The standard InChI is InChI=1S/C24H21F2N3O3S/c1-14-9-10-27-20(12-14)28-21(16-5-7-17(8-6-16)32-24(25)26)18-13-15(2)33-23(18)29-22(30)19-4-3-11-31-19/h3-13,21,24H,1-2H3,(H,27,28)(H,29,30)/t21-/m0/s1. The van der Waals surface area contributed by atoms with Crippen LogP contribution in [0.5, 0.6) is 5.75 Å². The van der Waals surface area contributed by atoms with Gasteiger partial charge in [0, 0.05) is 16.6 Å². The molecule has 1 aromatic carbocycles. The first-order valence-electron chi connectivity index (χ1n) is 10.1. The largest absolute Gasteiger partial charge is 0.459 e. The Kier molecular flexibility index (Phi) is 6.69. The fourth-order valence-corrected chi connectivity index (χ4v) is 4.31. The molecular weight excluding hydrogens is 448 g/mol. The van der Waals surface area contributed by atoms with Crippen molar-refractivity contribution in [1.82, 2.24) is 4.98 Å². The van der Waals surface area contributed by atoms with Crippen LogP contribution in [0.1, 0.15) is 38.2 Å². The first-order chi connectivity index (χ1) is 15.9. The molecule has 0 aliphatic heterocycles. The van der Waals surface area contributed by atoms with E-state index in [9.17, 15) is 13.6 Å². The number of hydrogen-bond acceptors (Lipinski definition) is 6. The second kappa shape index (κ2) is 9.83. The molecule has 1 atom stereocenters. The number of hydrogen-bond donors (Lipinski definition) is 2. The molecule has 0 saturated carbocycles. The lowest BCUT2D eigenvalue weighted by molar-refractivity contribution is -0.0498. The van der Waals surface area contributed by atoms with Crippen molar-refractivity contribution >= 4 is 28.1 Å². The summed E-state index contributed by atoms with van der Waals surface area (Å²) in [5.41, 5.74) is 2.62. The van der Waals surface area contributed by atoms with E-state index in [1.54, 1.807) is 30.5 Å². The smallest absolute Gasteiger partial charge is 0.387 e. The zero-order valence-electron chi connectivity index (χ0n) is 17.8. The van der Waals surface area contributed by atoms with Crippen LogP contribution in [0.15, 0.2) is 71.5 Å². The topological polar surface area (TPSA) is 76.4 Å². The Balaban J connectivity index is 1.71. The molecule has 4 rings (SSSR count). The summed E-state index contributed by atoms with van der Waals surface area (Å²) in [5, 5.41) is 6.97. The van der Waals surface area contributed by atoms with Gasteiger partial charge in [-0.1, -0.05) is 12.1 Å². The first-order valence-corrected chi connectivity index (χ1v) is 10.9. The highest BCUT2D eigenvalue weighted by Gasteiger charge is 2.23. The van der Waals surface area contributed by atoms with Gasteiger partial charge in [-0.05, 0) is 67.4 Å². The fraction of sp³-hybridized carbons (Fsp3) is 0.167. The van der Waals surface area contributed by atoms with Crippen molar-refractivity contribution in [1.29, 1.82) is 0 Å². The monoisotopic (exact) mass is 469 g/mol. The molecule has 33 heavy (non-hydrogen) atoms. The normalized spacial score (nSPS) is 11.9. The van der Waals surface area contributed by atoms with Gasteiger partial charge < -0.3 is 19.8 Å². The van der Waals surface area contributed by atoms with E-state index in [0.29, 0.717) is 10.8 Å². The van der Waals surface area contributed by atoms with Gasteiger partial charge in [0.25, 0.3) is 5.91 Å². The molecule has 3 aromatic heterocycles. The van der Waals surface area contributed by atoms with Crippen molar-refractivity contribution in [3.63, 3.8) is 0 Å². The summed E-state index contributed by atoms with van der Waals surface area (Å²) < 4.78 is 34.8. The molecule has 0 bridgehead atoms. The summed E-state index contributed by atoms with van der Waals surface area (Å²) >= 11 is 1.43. The number of alkyl halides is 2. The third-order valence-electron chi connectivity index (χ3n) is 4.81. The Labute approximate surface area is 193 Å². The molecule has 4 aromatic rings. The van der Waals surface area contributed by atoms with E-state index in [-0.39, 0.29) is 17.4 Å². The molecule has 0 aliphatic rings. The zero-order valence-corrected chi connectivity index (χ0v) is 18.7. The van der Waals surface area contributed by atoms with Crippen molar-refractivity contribution < 1.29 is 22.7 Å². The van der Waals surface area contributed by atoms with Crippen molar-refractivity contribution in [3.8, 4) is 5.75 Å². The molecule has 0 radical (unpaired) electrons. The Hall–Kier alpha value is -3.72. The van der Waals surface area contributed by atoms with Crippen LogP contribution >= 0.6 is 11.3 Å². The van der Waals surface area contributed by atoms with E-state index in [1.807, 2.05) is 32.0 Å². The molecule has 9 heteroatoms.